The van der Waals surface area contributed by atoms with Crippen molar-refractivity contribution in [3.05, 3.63) is 23.8 Å². The molecule has 1 aromatic rings. The van der Waals surface area contributed by atoms with Crippen LogP contribution in [0.3, 0.4) is 0 Å². The van der Waals surface area contributed by atoms with Crippen molar-refractivity contribution < 1.29 is 27.9 Å². The van der Waals surface area contributed by atoms with Gasteiger partial charge in [0.15, 0.2) is 0 Å². The Morgan fingerprint density at radius 2 is 2.18 bits per heavy atom. The molecule has 120 valence electrons. The van der Waals surface area contributed by atoms with Gasteiger partial charge in [-0.2, -0.15) is 0 Å². The van der Waals surface area contributed by atoms with Crippen molar-refractivity contribution in [3.63, 3.8) is 0 Å². The molecule has 1 atom stereocenters. The Hall–Kier alpha value is -2.13. The minimum atomic E-state index is -3.65. The van der Waals surface area contributed by atoms with E-state index in [2.05, 4.69) is 0 Å². The lowest BCUT2D eigenvalue weighted by Gasteiger charge is -2.18. The number of benzene rings is 1. The van der Waals surface area contributed by atoms with E-state index in [-0.39, 0.29) is 41.9 Å². The van der Waals surface area contributed by atoms with Gasteiger partial charge in [-0.25, -0.2) is 18.4 Å². The highest BCUT2D eigenvalue weighted by atomic mass is 32.2. The van der Waals surface area contributed by atoms with E-state index in [1.54, 1.807) is 0 Å². The van der Waals surface area contributed by atoms with Gasteiger partial charge in [0.25, 0.3) is 0 Å². The first kappa shape index (κ1) is 16.2. The van der Waals surface area contributed by atoms with Crippen molar-refractivity contribution >= 4 is 27.6 Å². The summed E-state index contributed by atoms with van der Waals surface area (Å²) in [5.74, 6) is -1.89. The Balaban J connectivity index is 2.25. The summed E-state index contributed by atoms with van der Waals surface area (Å²) in [6.07, 6.45) is 0.0828. The molecule has 1 heterocycles. The van der Waals surface area contributed by atoms with Gasteiger partial charge in [-0.3, -0.25) is 4.79 Å². The number of hydrogen-bond acceptors (Lipinski definition) is 5. The van der Waals surface area contributed by atoms with Crippen molar-refractivity contribution in [3.8, 4) is 5.75 Å². The Morgan fingerprint density at radius 3 is 2.73 bits per heavy atom. The van der Waals surface area contributed by atoms with Gasteiger partial charge in [0.1, 0.15) is 11.3 Å². The second-order valence-corrected chi connectivity index (χ2v) is 6.75. The number of amides is 1. The summed E-state index contributed by atoms with van der Waals surface area (Å²) in [5, 5.41) is 14.0. The third-order valence-corrected chi connectivity index (χ3v) is 4.34. The molecule has 0 aliphatic carbocycles. The Bertz CT molecular complexity index is 715. The SMILES string of the molecule is COc1cc(N2CC(CS(N)(=O)=O)CC2=O)ccc1C(=O)O. The molecular weight excluding hydrogens is 312 g/mol. The van der Waals surface area contributed by atoms with Gasteiger partial charge in [0, 0.05) is 30.6 Å². The van der Waals surface area contributed by atoms with E-state index in [1.807, 2.05) is 0 Å². The average Bonchev–Trinajstić information content (AvgIpc) is 2.76. The highest BCUT2D eigenvalue weighted by Crippen LogP contribution is 2.30. The minimum absolute atomic E-state index is 0.0148. The molecule has 1 aliphatic rings. The highest BCUT2D eigenvalue weighted by Gasteiger charge is 2.33. The van der Waals surface area contributed by atoms with Crippen molar-refractivity contribution in [2.45, 2.75) is 6.42 Å². The summed E-state index contributed by atoms with van der Waals surface area (Å²) in [7, 11) is -2.31. The zero-order valence-electron chi connectivity index (χ0n) is 11.9. The zero-order valence-corrected chi connectivity index (χ0v) is 12.7. The number of ether oxygens (including phenoxy) is 1. The molecule has 1 fully saturated rings. The van der Waals surface area contributed by atoms with Gasteiger partial charge in [0.05, 0.1) is 12.9 Å². The molecule has 1 unspecified atom stereocenters. The number of aromatic carboxylic acids is 1. The van der Waals surface area contributed by atoms with Crippen LogP contribution in [-0.2, 0) is 14.8 Å². The topological polar surface area (TPSA) is 127 Å². The van der Waals surface area contributed by atoms with Crippen LogP contribution >= 0.6 is 0 Å². The number of carbonyl (C=O) groups excluding carboxylic acids is 1. The maximum atomic E-state index is 12.0. The van der Waals surface area contributed by atoms with Gasteiger partial charge in [-0.05, 0) is 12.1 Å². The largest absolute Gasteiger partial charge is 0.496 e. The first-order chi connectivity index (χ1) is 10.2. The third-order valence-electron chi connectivity index (χ3n) is 3.40. The quantitative estimate of drug-likeness (QED) is 0.785. The zero-order chi connectivity index (χ0) is 16.5. The van der Waals surface area contributed by atoms with Gasteiger partial charge in [-0.1, -0.05) is 0 Å². The molecule has 1 aromatic carbocycles. The fourth-order valence-electron chi connectivity index (χ4n) is 2.50. The second-order valence-electron chi connectivity index (χ2n) is 5.09. The van der Waals surface area contributed by atoms with E-state index in [0.717, 1.165) is 0 Å². The minimum Gasteiger partial charge on any atom is -0.496 e. The summed E-state index contributed by atoms with van der Waals surface area (Å²) in [6.45, 7) is 0.213. The lowest BCUT2D eigenvalue weighted by molar-refractivity contribution is -0.117. The molecule has 0 radical (unpaired) electrons. The van der Waals surface area contributed by atoms with E-state index in [4.69, 9.17) is 15.0 Å². The summed E-state index contributed by atoms with van der Waals surface area (Å²) in [4.78, 5) is 24.5. The molecule has 0 spiro atoms. The summed E-state index contributed by atoms with van der Waals surface area (Å²) in [5.41, 5.74) is 0.447. The maximum absolute atomic E-state index is 12.0. The van der Waals surface area contributed by atoms with Gasteiger partial charge in [-0.15, -0.1) is 0 Å². The van der Waals surface area contributed by atoms with Crippen LogP contribution in [0.5, 0.6) is 5.75 Å². The molecule has 0 bridgehead atoms. The van der Waals surface area contributed by atoms with Crippen molar-refractivity contribution in [1.82, 2.24) is 0 Å². The molecule has 22 heavy (non-hydrogen) atoms. The Morgan fingerprint density at radius 1 is 1.50 bits per heavy atom. The van der Waals surface area contributed by atoms with E-state index in [1.165, 1.54) is 30.2 Å². The number of carbonyl (C=O) groups is 2. The fraction of sp³-hybridized carbons (Fsp3) is 0.385. The Kier molecular flexibility index (Phi) is 4.38. The number of methoxy groups -OCH3 is 1. The molecule has 0 saturated carbocycles. The molecule has 8 nitrogen and oxygen atoms in total. The number of primary sulfonamides is 1. The van der Waals surface area contributed by atoms with Crippen LogP contribution in [0.2, 0.25) is 0 Å². The van der Waals surface area contributed by atoms with Crippen LogP contribution in [0, 0.1) is 5.92 Å². The number of rotatable bonds is 5. The molecule has 1 aliphatic heterocycles. The summed E-state index contributed by atoms with van der Waals surface area (Å²) in [6, 6.07) is 4.28. The van der Waals surface area contributed by atoms with Gasteiger partial charge in [0.2, 0.25) is 15.9 Å². The lowest BCUT2D eigenvalue weighted by Crippen LogP contribution is -2.27. The van der Waals surface area contributed by atoms with Crippen molar-refractivity contribution in [2.75, 3.05) is 24.3 Å². The Labute approximate surface area is 127 Å². The standard InChI is InChI=1S/C13H16N2O6S/c1-21-11-5-9(2-3-10(11)13(17)18)15-6-8(4-12(15)16)7-22(14,19)20/h2-3,5,8H,4,6-7H2,1H3,(H,17,18)(H2,14,19,20). The summed E-state index contributed by atoms with van der Waals surface area (Å²) >= 11 is 0. The molecule has 3 N–H and O–H groups in total. The van der Waals surface area contributed by atoms with E-state index >= 15 is 0 Å². The molecular formula is C13H16N2O6S. The van der Waals surface area contributed by atoms with Crippen molar-refractivity contribution in [2.24, 2.45) is 11.1 Å². The molecule has 0 aromatic heterocycles. The van der Waals surface area contributed by atoms with Crippen LogP contribution in [-0.4, -0.2) is 44.8 Å². The predicted octanol–water partition coefficient (Wildman–Crippen LogP) is 0.0348. The van der Waals surface area contributed by atoms with Crippen LogP contribution in [0.1, 0.15) is 16.8 Å². The lowest BCUT2D eigenvalue weighted by atomic mass is 10.1. The number of carboxylic acid groups (broad SMARTS) is 1. The number of anilines is 1. The fourth-order valence-corrected chi connectivity index (χ4v) is 3.38. The van der Waals surface area contributed by atoms with E-state index in [0.29, 0.717) is 5.69 Å². The molecule has 1 saturated heterocycles. The third kappa shape index (κ3) is 3.55. The summed E-state index contributed by atoms with van der Waals surface area (Å²) < 4.78 is 27.3. The number of nitrogens with two attached hydrogens (primary N) is 1. The van der Waals surface area contributed by atoms with Crippen molar-refractivity contribution in [1.29, 1.82) is 0 Å². The first-order valence-electron chi connectivity index (χ1n) is 6.43. The van der Waals surface area contributed by atoms with E-state index < -0.39 is 16.0 Å². The smallest absolute Gasteiger partial charge is 0.339 e. The van der Waals surface area contributed by atoms with E-state index in [9.17, 15) is 18.0 Å². The van der Waals surface area contributed by atoms with Gasteiger partial charge >= 0.3 is 5.97 Å². The van der Waals surface area contributed by atoms with Crippen LogP contribution < -0.4 is 14.8 Å². The van der Waals surface area contributed by atoms with Crippen LogP contribution in [0.15, 0.2) is 18.2 Å². The predicted molar refractivity (Wildman–Crippen MR) is 78.4 cm³/mol. The number of nitrogens with zero attached hydrogens (tertiary/aromatic N) is 1. The van der Waals surface area contributed by atoms with Crippen LogP contribution in [0.4, 0.5) is 5.69 Å². The number of carboxylic acids is 1. The molecule has 2 rings (SSSR count). The number of sulfonamides is 1. The highest BCUT2D eigenvalue weighted by molar-refractivity contribution is 7.89. The molecule has 9 heteroatoms. The molecule has 1 amide bonds. The first-order valence-corrected chi connectivity index (χ1v) is 8.15. The second kappa shape index (κ2) is 5.93. The normalized spacial score (nSPS) is 18.5. The maximum Gasteiger partial charge on any atom is 0.339 e. The van der Waals surface area contributed by atoms with Gasteiger partial charge < -0.3 is 14.7 Å². The van der Waals surface area contributed by atoms with Crippen LogP contribution in [0.25, 0.3) is 0 Å². The monoisotopic (exact) mass is 328 g/mol. The number of hydrogen-bond donors (Lipinski definition) is 2. The average molecular weight is 328 g/mol.